The molecule has 0 radical (unpaired) electrons. The fourth-order valence-electron chi connectivity index (χ4n) is 2.28. The summed E-state index contributed by atoms with van der Waals surface area (Å²) in [6.07, 6.45) is 3.09. The minimum absolute atomic E-state index is 0.130. The number of aromatic nitrogens is 1. The van der Waals surface area contributed by atoms with Gasteiger partial charge >= 0.3 is 6.03 Å². The van der Waals surface area contributed by atoms with Crippen molar-refractivity contribution < 1.29 is 18.0 Å². The zero-order valence-electron chi connectivity index (χ0n) is 13.2. The van der Waals surface area contributed by atoms with Crippen LogP contribution in [0.1, 0.15) is 11.5 Å². The van der Waals surface area contributed by atoms with E-state index in [1.807, 2.05) is 0 Å². The number of urea groups is 1. The fourth-order valence-corrected chi connectivity index (χ4v) is 2.28. The molecule has 0 saturated heterocycles. The highest BCUT2D eigenvalue weighted by Crippen LogP contribution is 2.19. The van der Waals surface area contributed by atoms with E-state index in [-0.39, 0.29) is 13.1 Å². The van der Waals surface area contributed by atoms with E-state index in [1.54, 1.807) is 36.5 Å². The SMILES string of the molecule is O=C(Nc1c(F)cccc1F)N(Cc1ccccn1)Cc1ccco1. The number of hydrogen-bond donors (Lipinski definition) is 1. The van der Waals surface area contributed by atoms with Crippen molar-refractivity contribution in [3.63, 3.8) is 0 Å². The molecule has 0 aliphatic carbocycles. The second-order valence-corrected chi connectivity index (χ2v) is 5.28. The number of pyridine rings is 1. The van der Waals surface area contributed by atoms with Crippen LogP contribution >= 0.6 is 0 Å². The molecule has 3 rings (SSSR count). The van der Waals surface area contributed by atoms with Gasteiger partial charge in [-0.15, -0.1) is 0 Å². The molecule has 0 aliphatic heterocycles. The molecule has 1 aromatic carbocycles. The molecule has 0 saturated carbocycles. The van der Waals surface area contributed by atoms with Crippen molar-refractivity contribution in [2.45, 2.75) is 13.1 Å². The number of nitrogens with zero attached hydrogens (tertiary/aromatic N) is 2. The van der Waals surface area contributed by atoms with E-state index in [4.69, 9.17) is 4.42 Å². The summed E-state index contributed by atoms with van der Waals surface area (Å²) in [5.41, 5.74) is 0.149. The first-order chi connectivity index (χ1) is 12.1. The van der Waals surface area contributed by atoms with Gasteiger partial charge in [-0.25, -0.2) is 13.6 Å². The zero-order chi connectivity index (χ0) is 17.6. The summed E-state index contributed by atoms with van der Waals surface area (Å²) in [6, 6.07) is 11.4. The summed E-state index contributed by atoms with van der Waals surface area (Å²) in [7, 11) is 0. The van der Waals surface area contributed by atoms with Crippen molar-refractivity contribution in [2.24, 2.45) is 0 Å². The molecular weight excluding hydrogens is 328 g/mol. The number of furan rings is 1. The Morgan fingerprint density at radius 1 is 1.04 bits per heavy atom. The molecular formula is C18H15F2N3O2. The summed E-state index contributed by atoms with van der Waals surface area (Å²) in [5.74, 6) is -1.15. The van der Waals surface area contributed by atoms with Crippen molar-refractivity contribution in [2.75, 3.05) is 5.32 Å². The highest BCUT2D eigenvalue weighted by molar-refractivity contribution is 5.89. The standard InChI is InChI=1S/C18H15F2N3O2/c19-15-7-3-8-16(20)17(15)22-18(24)23(12-14-6-4-10-25-14)11-13-5-1-2-9-21-13/h1-10H,11-12H2,(H,22,24). The lowest BCUT2D eigenvalue weighted by atomic mass is 10.3. The third kappa shape index (κ3) is 4.20. The molecule has 0 fully saturated rings. The summed E-state index contributed by atoms with van der Waals surface area (Å²) in [5, 5.41) is 2.28. The van der Waals surface area contributed by atoms with Gasteiger partial charge < -0.3 is 14.6 Å². The highest BCUT2D eigenvalue weighted by atomic mass is 19.1. The largest absolute Gasteiger partial charge is 0.467 e. The molecule has 0 aliphatic rings. The molecule has 0 unspecified atom stereocenters. The normalized spacial score (nSPS) is 10.5. The van der Waals surface area contributed by atoms with Gasteiger partial charge in [-0.2, -0.15) is 0 Å². The van der Waals surface area contributed by atoms with Crippen LogP contribution in [0.25, 0.3) is 0 Å². The minimum atomic E-state index is -0.843. The van der Waals surface area contributed by atoms with Crippen LogP contribution < -0.4 is 5.32 Å². The number of nitrogens with one attached hydrogen (secondary N) is 1. The van der Waals surface area contributed by atoms with Gasteiger partial charge in [-0.3, -0.25) is 4.98 Å². The Morgan fingerprint density at radius 3 is 2.48 bits per heavy atom. The van der Waals surface area contributed by atoms with Crippen molar-refractivity contribution in [1.29, 1.82) is 0 Å². The third-order valence-electron chi connectivity index (χ3n) is 3.49. The number of benzene rings is 1. The van der Waals surface area contributed by atoms with E-state index in [2.05, 4.69) is 10.3 Å². The Morgan fingerprint density at radius 2 is 1.84 bits per heavy atom. The number of carbonyl (C=O) groups excluding carboxylic acids is 1. The molecule has 2 amide bonds. The molecule has 0 atom stereocenters. The van der Waals surface area contributed by atoms with E-state index >= 15 is 0 Å². The zero-order valence-corrected chi connectivity index (χ0v) is 13.2. The molecule has 128 valence electrons. The predicted molar refractivity (Wildman–Crippen MR) is 87.6 cm³/mol. The molecule has 0 spiro atoms. The van der Waals surface area contributed by atoms with Crippen molar-refractivity contribution in [3.05, 3.63) is 84.1 Å². The van der Waals surface area contributed by atoms with Crippen molar-refractivity contribution >= 4 is 11.7 Å². The lowest BCUT2D eigenvalue weighted by Crippen LogP contribution is -2.34. The number of carbonyl (C=O) groups is 1. The summed E-state index contributed by atoms with van der Waals surface area (Å²) >= 11 is 0. The number of para-hydroxylation sites is 1. The van der Waals surface area contributed by atoms with Gasteiger partial charge in [-0.1, -0.05) is 12.1 Å². The Labute approximate surface area is 142 Å². The van der Waals surface area contributed by atoms with Crippen LogP contribution in [0.3, 0.4) is 0 Å². The Hall–Kier alpha value is -3.22. The fraction of sp³-hybridized carbons (Fsp3) is 0.111. The van der Waals surface area contributed by atoms with E-state index in [1.165, 1.54) is 17.2 Å². The monoisotopic (exact) mass is 343 g/mol. The molecule has 3 aromatic rings. The molecule has 5 nitrogen and oxygen atoms in total. The van der Waals surface area contributed by atoms with Crippen molar-refractivity contribution in [3.8, 4) is 0 Å². The second kappa shape index (κ2) is 7.57. The number of rotatable bonds is 5. The maximum atomic E-state index is 13.8. The van der Waals surface area contributed by atoms with Crippen molar-refractivity contribution in [1.82, 2.24) is 9.88 Å². The lowest BCUT2D eigenvalue weighted by Gasteiger charge is -2.22. The molecule has 2 aromatic heterocycles. The van der Waals surface area contributed by atoms with Crippen LogP contribution in [0.5, 0.6) is 0 Å². The average molecular weight is 343 g/mol. The summed E-state index contributed by atoms with van der Waals surface area (Å²) in [4.78, 5) is 18.1. The van der Waals surface area contributed by atoms with Gasteiger partial charge in [0.1, 0.15) is 23.1 Å². The van der Waals surface area contributed by atoms with Gasteiger partial charge in [0.15, 0.2) is 0 Å². The average Bonchev–Trinajstić information content (AvgIpc) is 3.11. The van der Waals surface area contributed by atoms with E-state index in [9.17, 15) is 13.6 Å². The number of amides is 2. The predicted octanol–water partition coefficient (Wildman–Crippen LogP) is 4.19. The smallest absolute Gasteiger partial charge is 0.322 e. The van der Waals surface area contributed by atoms with Crippen LogP contribution in [0, 0.1) is 11.6 Å². The van der Waals surface area contributed by atoms with Gasteiger partial charge in [-0.05, 0) is 36.4 Å². The van der Waals surface area contributed by atoms with E-state index in [0.29, 0.717) is 11.5 Å². The van der Waals surface area contributed by atoms with Crippen LogP contribution in [0.4, 0.5) is 19.3 Å². The molecule has 1 N–H and O–H groups in total. The number of halogens is 2. The van der Waals surface area contributed by atoms with E-state index < -0.39 is 23.4 Å². The molecule has 25 heavy (non-hydrogen) atoms. The number of anilines is 1. The molecule has 0 bridgehead atoms. The van der Waals surface area contributed by atoms with Gasteiger partial charge in [0, 0.05) is 6.20 Å². The van der Waals surface area contributed by atoms with E-state index in [0.717, 1.165) is 12.1 Å². The van der Waals surface area contributed by atoms with Gasteiger partial charge in [0.05, 0.1) is 25.0 Å². The third-order valence-corrected chi connectivity index (χ3v) is 3.49. The Balaban J connectivity index is 1.81. The van der Waals surface area contributed by atoms with Gasteiger partial charge in [0.25, 0.3) is 0 Å². The quantitative estimate of drug-likeness (QED) is 0.756. The lowest BCUT2D eigenvalue weighted by molar-refractivity contribution is 0.200. The first kappa shape index (κ1) is 16.6. The minimum Gasteiger partial charge on any atom is -0.467 e. The highest BCUT2D eigenvalue weighted by Gasteiger charge is 2.19. The van der Waals surface area contributed by atoms with Crippen LogP contribution in [-0.4, -0.2) is 15.9 Å². The van der Waals surface area contributed by atoms with Crippen LogP contribution in [0.15, 0.2) is 65.4 Å². The second-order valence-electron chi connectivity index (χ2n) is 5.28. The maximum Gasteiger partial charge on any atom is 0.322 e. The Bertz CT molecular complexity index is 819. The maximum absolute atomic E-state index is 13.8. The number of hydrogen-bond acceptors (Lipinski definition) is 3. The summed E-state index contributed by atoms with van der Waals surface area (Å²) < 4.78 is 32.8. The van der Waals surface area contributed by atoms with Gasteiger partial charge in [0.2, 0.25) is 0 Å². The topological polar surface area (TPSA) is 58.4 Å². The van der Waals surface area contributed by atoms with Crippen LogP contribution in [0.2, 0.25) is 0 Å². The first-order valence-electron chi connectivity index (χ1n) is 7.55. The van der Waals surface area contributed by atoms with Crippen LogP contribution in [-0.2, 0) is 13.1 Å². The molecule has 7 heteroatoms. The first-order valence-corrected chi connectivity index (χ1v) is 7.55. The Kier molecular flexibility index (Phi) is 5.03. The molecule has 2 heterocycles. The summed E-state index contributed by atoms with van der Waals surface area (Å²) in [6.45, 7) is 0.287.